The molecule has 2 heterocycles. The molecule has 1 aromatic heterocycles. The third-order valence-corrected chi connectivity index (χ3v) is 3.79. The van der Waals surface area contributed by atoms with Crippen LogP contribution < -0.4 is 10.4 Å². The lowest BCUT2D eigenvalue weighted by molar-refractivity contribution is -0.277. The highest BCUT2D eigenvalue weighted by Gasteiger charge is 2.44. The minimum Gasteiger partial charge on any atom is -0.504 e. The molecule has 9 nitrogen and oxygen atoms in total. The van der Waals surface area contributed by atoms with Gasteiger partial charge in [-0.05, 0) is 12.1 Å². The Hall–Kier alpha value is -2.17. The van der Waals surface area contributed by atoms with Gasteiger partial charge >= 0.3 is 5.63 Å². The van der Waals surface area contributed by atoms with Crippen LogP contribution >= 0.6 is 0 Å². The Bertz CT molecular complexity index is 784. The van der Waals surface area contributed by atoms with Crippen molar-refractivity contribution in [2.24, 2.45) is 0 Å². The van der Waals surface area contributed by atoms with Gasteiger partial charge in [0.05, 0.1) is 6.61 Å². The van der Waals surface area contributed by atoms with E-state index in [0.717, 1.165) is 0 Å². The Kier molecular flexibility index (Phi) is 4.43. The van der Waals surface area contributed by atoms with Gasteiger partial charge < -0.3 is 39.4 Å². The van der Waals surface area contributed by atoms with Crippen molar-refractivity contribution >= 4 is 11.0 Å². The zero-order valence-electron chi connectivity index (χ0n) is 12.3. The van der Waals surface area contributed by atoms with Crippen molar-refractivity contribution in [3.05, 3.63) is 34.7 Å². The third kappa shape index (κ3) is 2.95. The van der Waals surface area contributed by atoms with Gasteiger partial charge in [-0.25, -0.2) is 4.79 Å². The lowest BCUT2D eigenvalue weighted by Gasteiger charge is -2.39. The van der Waals surface area contributed by atoms with Gasteiger partial charge in [-0.3, -0.25) is 0 Å². The van der Waals surface area contributed by atoms with Crippen molar-refractivity contribution in [2.75, 3.05) is 6.61 Å². The number of rotatable bonds is 3. The predicted molar refractivity (Wildman–Crippen MR) is 78.5 cm³/mol. The first-order chi connectivity index (χ1) is 11.4. The Labute approximate surface area is 134 Å². The maximum absolute atomic E-state index is 11.3. The minimum atomic E-state index is -1.62. The van der Waals surface area contributed by atoms with Crippen LogP contribution in [-0.4, -0.2) is 62.8 Å². The highest BCUT2D eigenvalue weighted by Crippen LogP contribution is 2.33. The van der Waals surface area contributed by atoms with Crippen LogP contribution in [0.3, 0.4) is 0 Å². The molecule has 9 heteroatoms. The number of benzene rings is 1. The van der Waals surface area contributed by atoms with Crippen molar-refractivity contribution in [3.63, 3.8) is 0 Å². The number of phenols is 1. The molecule has 130 valence electrons. The summed E-state index contributed by atoms with van der Waals surface area (Å²) in [6.07, 6.45) is -7.36. The summed E-state index contributed by atoms with van der Waals surface area (Å²) in [6, 6.07) is 5.17. The standard InChI is InChI=1S/C15H16O9/c16-5-10-12(19)13(20)14(21)15(24-10)23-9-4-8-6(3-7(9)17)1-2-11(18)22-8/h1-4,10,12-17,19-21H,5H2/t10-,12+,13-,14-,15-/m1/s1. The number of hydrogen-bond acceptors (Lipinski definition) is 9. The molecule has 0 bridgehead atoms. The summed E-state index contributed by atoms with van der Waals surface area (Å²) in [5.74, 6) is -0.477. The third-order valence-electron chi connectivity index (χ3n) is 3.79. The van der Waals surface area contributed by atoms with Crippen molar-refractivity contribution in [3.8, 4) is 11.5 Å². The van der Waals surface area contributed by atoms with Crippen molar-refractivity contribution in [2.45, 2.75) is 30.7 Å². The molecule has 3 rings (SSSR count). The summed E-state index contributed by atoms with van der Waals surface area (Å²) in [4.78, 5) is 11.3. The number of fused-ring (bicyclic) bond motifs is 1. The fraction of sp³-hybridized carbons (Fsp3) is 0.400. The Balaban J connectivity index is 1.90. The summed E-state index contributed by atoms with van der Waals surface area (Å²) >= 11 is 0. The van der Waals surface area contributed by atoms with E-state index in [0.29, 0.717) is 5.39 Å². The molecule has 0 spiro atoms. The highest BCUT2D eigenvalue weighted by atomic mass is 16.7. The van der Waals surface area contributed by atoms with E-state index in [4.69, 9.17) is 19.0 Å². The van der Waals surface area contributed by atoms with E-state index >= 15 is 0 Å². The maximum Gasteiger partial charge on any atom is 0.336 e. The van der Waals surface area contributed by atoms with Crippen LogP contribution in [0.4, 0.5) is 0 Å². The van der Waals surface area contributed by atoms with Crippen LogP contribution in [0.2, 0.25) is 0 Å². The van der Waals surface area contributed by atoms with E-state index in [2.05, 4.69) is 0 Å². The molecule has 1 aliphatic heterocycles. The molecule has 1 aromatic carbocycles. The smallest absolute Gasteiger partial charge is 0.336 e. The topological polar surface area (TPSA) is 150 Å². The monoisotopic (exact) mass is 340 g/mol. The number of aliphatic hydroxyl groups excluding tert-OH is 4. The molecular formula is C15H16O9. The fourth-order valence-electron chi connectivity index (χ4n) is 2.47. The Morgan fingerprint density at radius 2 is 1.83 bits per heavy atom. The van der Waals surface area contributed by atoms with E-state index in [1.54, 1.807) is 0 Å². The summed E-state index contributed by atoms with van der Waals surface area (Å²) in [5.41, 5.74) is -0.452. The average Bonchev–Trinajstić information content (AvgIpc) is 2.56. The molecule has 1 fully saturated rings. The molecule has 0 radical (unpaired) electrons. The minimum absolute atomic E-state index is 0.139. The molecule has 1 saturated heterocycles. The summed E-state index contributed by atoms with van der Waals surface area (Å²) in [6.45, 7) is -0.608. The second kappa shape index (κ2) is 6.38. The zero-order valence-corrected chi connectivity index (χ0v) is 12.3. The van der Waals surface area contributed by atoms with E-state index < -0.39 is 42.9 Å². The molecule has 0 aliphatic carbocycles. The Morgan fingerprint density at radius 3 is 2.54 bits per heavy atom. The van der Waals surface area contributed by atoms with Crippen LogP contribution in [0.25, 0.3) is 11.0 Å². The molecule has 0 unspecified atom stereocenters. The van der Waals surface area contributed by atoms with Crippen LogP contribution in [0.15, 0.2) is 33.5 Å². The Morgan fingerprint density at radius 1 is 1.08 bits per heavy atom. The van der Waals surface area contributed by atoms with E-state index in [1.165, 1.54) is 24.3 Å². The lowest BCUT2D eigenvalue weighted by atomic mass is 9.99. The first-order valence-electron chi connectivity index (χ1n) is 7.15. The number of ether oxygens (including phenoxy) is 2. The molecule has 2 aromatic rings. The molecule has 24 heavy (non-hydrogen) atoms. The maximum atomic E-state index is 11.3. The van der Waals surface area contributed by atoms with Gasteiger partial charge in [0.15, 0.2) is 11.5 Å². The summed E-state index contributed by atoms with van der Waals surface area (Å²) < 4.78 is 15.5. The van der Waals surface area contributed by atoms with Crippen molar-refractivity contribution in [1.29, 1.82) is 0 Å². The van der Waals surface area contributed by atoms with Crippen LogP contribution in [-0.2, 0) is 4.74 Å². The molecule has 5 atom stereocenters. The van der Waals surface area contributed by atoms with Gasteiger partial charge in [0.2, 0.25) is 6.29 Å². The fourth-order valence-corrected chi connectivity index (χ4v) is 2.47. The van der Waals surface area contributed by atoms with E-state index in [1.807, 2.05) is 0 Å². The normalized spacial score (nSPS) is 30.4. The summed E-state index contributed by atoms with van der Waals surface area (Å²) in [7, 11) is 0. The molecule has 1 aliphatic rings. The SMILES string of the molecule is O=c1ccc2cc(O)c(O[C@@H]3O[C@H](CO)[C@H](O)[C@@H](O)[C@H]3O)cc2o1. The first kappa shape index (κ1) is 16.7. The number of aliphatic hydroxyl groups is 4. The van der Waals surface area contributed by atoms with Crippen molar-refractivity contribution in [1.82, 2.24) is 0 Å². The van der Waals surface area contributed by atoms with Crippen LogP contribution in [0.1, 0.15) is 0 Å². The molecule has 0 saturated carbocycles. The van der Waals surface area contributed by atoms with Gasteiger partial charge in [-0.2, -0.15) is 0 Å². The van der Waals surface area contributed by atoms with E-state index in [9.17, 15) is 25.2 Å². The van der Waals surface area contributed by atoms with Gasteiger partial charge in [0, 0.05) is 17.5 Å². The largest absolute Gasteiger partial charge is 0.504 e. The summed E-state index contributed by atoms with van der Waals surface area (Å²) in [5, 5.41) is 49.0. The quantitative estimate of drug-likeness (QED) is 0.429. The number of hydrogen-bond donors (Lipinski definition) is 5. The lowest BCUT2D eigenvalue weighted by Crippen LogP contribution is -2.60. The van der Waals surface area contributed by atoms with Crippen molar-refractivity contribution < 1.29 is 39.4 Å². The number of aromatic hydroxyl groups is 1. The highest BCUT2D eigenvalue weighted by molar-refractivity contribution is 5.80. The van der Waals surface area contributed by atoms with Crippen LogP contribution in [0.5, 0.6) is 11.5 Å². The van der Waals surface area contributed by atoms with E-state index in [-0.39, 0.29) is 17.1 Å². The molecular weight excluding hydrogens is 324 g/mol. The zero-order chi connectivity index (χ0) is 17.4. The van der Waals surface area contributed by atoms with Crippen LogP contribution in [0, 0.1) is 0 Å². The van der Waals surface area contributed by atoms with Gasteiger partial charge in [-0.1, -0.05) is 0 Å². The number of phenolic OH excluding ortho intramolecular Hbond substituents is 1. The van der Waals surface area contributed by atoms with Gasteiger partial charge in [0.1, 0.15) is 30.0 Å². The average molecular weight is 340 g/mol. The first-order valence-corrected chi connectivity index (χ1v) is 7.15. The molecule has 5 N–H and O–H groups in total. The second-order valence-corrected chi connectivity index (χ2v) is 5.43. The predicted octanol–water partition coefficient (Wildman–Crippen LogP) is -1.32. The van der Waals surface area contributed by atoms with Gasteiger partial charge in [-0.15, -0.1) is 0 Å². The molecule has 0 amide bonds. The second-order valence-electron chi connectivity index (χ2n) is 5.43. The van der Waals surface area contributed by atoms with Gasteiger partial charge in [0.25, 0.3) is 0 Å².